The summed E-state index contributed by atoms with van der Waals surface area (Å²) < 4.78 is 21.8. The first-order valence-electron chi connectivity index (χ1n) is 11.7. The Bertz CT molecular complexity index is 470. The molecule has 1 rings (SSSR count). The van der Waals surface area contributed by atoms with E-state index in [1.54, 1.807) is 0 Å². The smallest absolute Gasteiger partial charge is 0.330 e. The maximum Gasteiger partial charge on any atom is 0.330 e. The third kappa shape index (κ3) is 14.4. The monoisotopic (exact) mass is 434 g/mol. The van der Waals surface area contributed by atoms with Crippen LogP contribution in [0.25, 0.3) is 0 Å². The van der Waals surface area contributed by atoms with Crippen LogP contribution in [0, 0.1) is 0 Å². The van der Waals surface area contributed by atoms with Gasteiger partial charge in [-0.15, -0.1) is 0 Å². The van der Waals surface area contributed by atoms with E-state index in [1.165, 1.54) is 64.2 Å². The lowest BCUT2D eigenvalue weighted by Gasteiger charge is -2.30. The second-order valence-electron chi connectivity index (χ2n) is 8.33. The maximum absolute atomic E-state index is 11.3. The molecular formula is C22H43O6P. The van der Waals surface area contributed by atoms with Gasteiger partial charge in [0.15, 0.2) is 0 Å². The second kappa shape index (κ2) is 16.4. The van der Waals surface area contributed by atoms with Crippen molar-refractivity contribution in [1.82, 2.24) is 0 Å². The summed E-state index contributed by atoms with van der Waals surface area (Å²) in [6, 6.07) is 0. The van der Waals surface area contributed by atoms with Crippen molar-refractivity contribution in [3.63, 3.8) is 0 Å². The van der Waals surface area contributed by atoms with Crippen LogP contribution in [0.5, 0.6) is 0 Å². The lowest BCUT2D eigenvalue weighted by Crippen LogP contribution is -2.40. The highest BCUT2D eigenvalue weighted by molar-refractivity contribution is 7.52. The Balaban J connectivity index is 1.77. The number of hydrogen-bond donors (Lipinski definition) is 2. The normalized spacial score (nSPS) is 24.7. The molecule has 0 saturated carbocycles. The quantitative estimate of drug-likeness (QED) is 0.222. The van der Waals surface area contributed by atoms with E-state index in [0.717, 1.165) is 25.7 Å². The Morgan fingerprint density at radius 3 is 1.90 bits per heavy atom. The van der Waals surface area contributed by atoms with Gasteiger partial charge in [0.05, 0.1) is 18.9 Å². The van der Waals surface area contributed by atoms with Crippen molar-refractivity contribution in [2.24, 2.45) is 0 Å². The van der Waals surface area contributed by atoms with Gasteiger partial charge in [-0.05, 0) is 12.8 Å². The highest BCUT2D eigenvalue weighted by Crippen LogP contribution is 2.46. The highest BCUT2D eigenvalue weighted by atomic mass is 31.2. The van der Waals surface area contributed by atoms with E-state index >= 15 is 0 Å². The predicted octanol–water partition coefficient (Wildman–Crippen LogP) is 5.39. The first-order chi connectivity index (χ1) is 13.9. The second-order valence-corrected chi connectivity index (χ2v) is 10.2. The van der Waals surface area contributed by atoms with Gasteiger partial charge in [-0.3, -0.25) is 9.36 Å². The summed E-state index contributed by atoms with van der Waals surface area (Å²) in [6.45, 7) is 2.50. The summed E-state index contributed by atoms with van der Waals surface area (Å²) in [5.74, 6) is 0.398. The third-order valence-corrected chi connectivity index (χ3v) is 7.00. The Kier molecular flexibility index (Phi) is 15.2. The van der Waals surface area contributed by atoms with Crippen LogP contribution in [0.1, 0.15) is 103 Å². The molecule has 0 radical (unpaired) electrons. The third-order valence-electron chi connectivity index (χ3n) is 5.61. The number of aliphatic hydroxyl groups is 1. The fraction of sp³-hybridized carbons (Fsp3) is 0.955. The first kappa shape index (κ1) is 26.8. The van der Waals surface area contributed by atoms with Crippen LogP contribution >= 0.6 is 7.60 Å². The van der Waals surface area contributed by atoms with Gasteiger partial charge >= 0.3 is 7.60 Å². The molecule has 0 amide bonds. The fourth-order valence-corrected chi connectivity index (χ4v) is 4.84. The van der Waals surface area contributed by atoms with Crippen molar-refractivity contribution in [1.29, 1.82) is 0 Å². The van der Waals surface area contributed by atoms with Crippen molar-refractivity contribution in [2.45, 2.75) is 115 Å². The van der Waals surface area contributed by atoms with Gasteiger partial charge in [0, 0.05) is 19.4 Å². The average Bonchev–Trinajstić information content (AvgIpc) is 2.68. The molecule has 0 spiro atoms. The molecule has 1 aliphatic rings. The number of Topliss-reactive ketones (excluding diaryl/α,β-unsaturated/α-hetero) is 1. The maximum atomic E-state index is 11.3. The Hall–Kier alpha value is -0.260. The number of aliphatic hydroxyl groups excluding tert-OH is 1. The van der Waals surface area contributed by atoms with E-state index in [2.05, 4.69) is 0 Å². The number of ketones is 1. The molecule has 1 unspecified atom stereocenters. The Morgan fingerprint density at radius 1 is 0.931 bits per heavy atom. The number of ether oxygens (including phenoxy) is 1. The van der Waals surface area contributed by atoms with Crippen LogP contribution in [0.4, 0.5) is 0 Å². The van der Waals surface area contributed by atoms with E-state index in [-0.39, 0.29) is 12.8 Å². The molecule has 29 heavy (non-hydrogen) atoms. The van der Waals surface area contributed by atoms with Gasteiger partial charge in [-0.1, -0.05) is 77.6 Å². The van der Waals surface area contributed by atoms with E-state index in [0.29, 0.717) is 18.8 Å². The molecule has 0 aliphatic carbocycles. The topological polar surface area (TPSA) is 93.1 Å². The molecule has 0 bridgehead atoms. The molecule has 1 fully saturated rings. The summed E-state index contributed by atoms with van der Waals surface area (Å²) in [5, 5.41) is 9.80. The predicted molar refractivity (Wildman–Crippen MR) is 116 cm³/mol. The van der Waals surface area contributed by atoms with E-state index in [1.807, 2.05) is 6.92 Å². The van der Waals surface area contributed by atoms with Crippen molar-refractivity contribution in [3.05, 3.63) is 0 Å². The molecular weight excluding hydrogens is 391 g/mol. The summed E-state index contributed by atoms with van der Waals surface area (Å²) in [7, 11) is -3.60. The van der Waals surface area contributed by atoms with Crippen LogP contribution in [-0.4, -0.2) is 47.4 Å². The molecule has 0 aromatic rings. The fourth-order valence-electron chi connectivity index (χ4n) is 3.65. The van der Waals surface area contributed by atoms with Crippen molar-refractivity contribution in [3.8, 4) is 0 Å². The van der Waals surface area contributed by atoms with Crippen LogP contribution in [0.2, 0.25) is 0 Å². The van der Waals surface area contributed by atoms with Gasteiger partial charge in [-0.2, -0.15) is 0 Å². The van der Waals surface area contributed by atoms with Crippen LogP contribution in [-0.2, 0) is 18.6 Å². The summed E-state index contributed by atoms with van der Waals surface area (Å²) in [6.07, 6.45) is 15.8. The molecule has 2 N–H and O–H groups in total. The first-order valence-corrected chi connectivity index (χ1v) is 13.5. The van der Waals surface area contributed by atoms with Gasteiger partial charge < -0.3 is 19.3 Å². The number of rotatable bonds is 18. The molecule has 1 aliphatic heterocycles. The van der Waals surface area contributed by atoms with Crippen molar-refractivity contribution >= 4 is 13.4 Å². The summed E-state index contributed by atoms with van der Waals surface area (Å²) in [4.78, 5) is 20.5. The zero-order valence-corrected chi connectivity index (χ0v) is 19.3. The molecule has 1 saturated heterocycles. The minimum atomic E-state index is -3.60. The molecule has 1 heterocycles. The molecule has 172 valence electrons. The number of carbonyl (C=O) groups excluding carboxylic acids is 1. The lowest BCUT2D eigenvalue weighted by atomic mass is 10.0. The van der Waals surface area contributed by atoms with E-state index in [4.69, 9.17) is 9.26 Å². The van der Waals surface area contributed by atoms with E-state index < -0.39 is 19.8 Å². The zero-order chi connectivity index (χ0) is 21.4. The zero-order valence-electron chi connectivity index (χ0n) is 18.4. The van der Waals surface area contributed by atoms with Crippen LogP contribution in [0.15, 0.2) is 0 Å². The molecule has 0 aromatic heterocycles. The number of carbonyl (C=O) groups is 1. The molecule has 0 aromatic carbocycles. The summed E-state index contributed by atoms with van der Waals surface area (Å²) >= 11 is 0. The molecule has 7 heteroatoms. The Labute approximate surface area is 177 Å². The van der Waals surface area contributed by atoms with E-state index in [9.17, 15) is 19.4 Å². The van der Waals surface area contributed by atoms with Gasteiger partial charge in [0.2, 0.25) is 0 Å². The van der Waals surface area contributed by atoms with Gasteiger partial charge in [-0.25, -0.2) is 0 Å². The largest absolute Gasteiger partial charge is 0.390 e. The number of unbranched alkanes of at least 4 members (excludes halogenated alkanes) is 12. The number of hydrogen-bond acceptors (Lipinski definition) is 5. The standard InChI is InChI=1S/C22H43O6P/c1-2-20(23)16-14-12-10-8-6-4-3-5-7-9-11-13-15-17-27-22-18-28-29(25,26)19-21(22)24/h21-22,24H,2-19H2,1H3,(H,25,26)/t21-,22+/m0/s1. The highest BCUT2D eigenvalue weighted by Gasteiger charge is 2.36. The SMILES string of the molecule is CCC(=O)CCCCCCCCCCCCCCCO[C@@H]1COP(=O)(O)C[C@@H]1O. The minimum absolute atomic E-state index is 0.00647. The van der Waals surface area contributed by atoms with Crippen molar-refractivity contribution < 1.29 is 28.6 Å². The molecule has 6 nitrogen and oxygen atoms in total. The van der Waals surface area contributed by atoms with Crippen LogP contribution in [0.3, 0.4) is 0 Å². The van der Waals surface area contributed by atoms with Gasteiger partial charge in [0.1, 0.15) is 11.9 Å². The van der Waals surface area contributed by atoms with Crippen LogP contribution < -0.4 is 0 Å². The summed E-state index contributed by atoms with van der Waals surface area (Å²) in [5.41, 5.74) is 0. The Morgan fingerprint density at radius 2 is 1.41 bits per heavy atom. The average molecular weight is 435 g/mol. The van der Waals surface area contributed by atoms with Crippen molar-refractivity contribution in [2.75, 3.05) is 19.4 Å². The lowest BCUT2D eigenvalue weighted by molar-refractivity contribution is -0.118. The van der Waals surface area contributed by atoms with Gasteiger partial charge in [0.25, 0.3) is 0 Å². The minimum Gasteiger partial charge on any atom is -0.390 e. The molecule has 3 atom stereocenters.